The van der Waals surface area contributed by atoms with Crippen molar-refractivity contribution in [2.24, 2.45) is 0 Å². The summed E-state index contributed by atoms with van der Waals surface area (Å²) in [5, 5.41) is 6.78. The van der Waals surface area contributed by atoms with Crippen LogP contribution in [0.4, 0.5) is 11.4 Å². The standard InChI is InChI=1S/C34H28N4O5S/c1-41-33(40)23-9-7-8-22(20-23)28-17-18-29(43-28)32-31(27-12-5-6-19-35-27)37-34(44)38(32)25-15-13-24(14-16-25)36-30(39)21-42-26-10-3-2-4-11-26/h2-20,31-32H,21H2,1H3,(H,36,39)(H,37,44)/t31-,32+/m0/s1. The maximum absolute atomic E-state index is 12.5. The van der Waals surface area contributed by atoms with E-state index in [1.165, 1.54) is 7.11 Å². The van der Waals surface area contributed by atoms with Crippen LogP contribution in [0.2, 0.25) is 0 Å². The number of ether oxygens (including phenoxy) is 2. The SMILES string of the molecule is COC(=O)c1cccc(-c2ccc([C@@H]3[C@H](c4ccccn4)NC(=S)N3c3ccc(NC(=O)COc4ccccc4)cc3)o2)c1. The number of carbonyl (C=O) groups excluding carboxylic acids is 2. The molecule has 1 aliphatic rings. The molecule has 0 aliphatic carbocycles. The molecular weight excluding hydrogens is 576 g/mol. The molecule has 0 radical (unpaired) electrons. The van der Waals surface area contributed by atoms with E-state index < -0.39 is 5.97 Å². The van der Waals surface area contributed by atoms with Crippen molar-refractivity contribution in [3.05, 3.63) is 132 Å². The number of anilines is 2. The first-order valence-corrected chi connectivity index (χ1v) is 14.3. The second-order valence-corrected chi connectivity index (χ2v) is 10.4. The fraction of sp³-hybridized carbons (Fsp3) is 0.118. The summed E-state index contributed by atoms with van der Waals surface area (Å²) in [4.78, 5) is 31.2. The van der Waals surface area contributed by atoms with Crippen molar-refractivity contribution in [1.29, 1.82) is 0 Å². The topological polar surface area (TPSA) is 106 Å². The summed E-state index contributed by atoms with van der Waals surface area (Å²) in [7, 11) is 1.35. The lowest BCUT2D eigenvalue weighted by molar-refractivity contribution is -0.118. The lowest BCUT2D eigenvalue weighted by Crippen LogP contribution is -2.29. The molecule has 1 amide bonds. The van der Waals surface area contributed by atoms with E-state index in [1.807, 2.05) is 83.8 Å². The largest absolute Gasteiger partial charge is 0.484 e. The number of benzene rings is 3. The highest BCUT2D eigenvalue weighted by Gasteiger charge is 2.42. The molecule has 1 fully saturated rings. The second-order valence-electron chi connectivity index (χ2n) is 9.97. The van der Waals surface area contributed by atoms with Crippen LogP contribution in [0.25, 0.3) is 11.3 Å². The van der Waals surface area contributed by atoms with Crippen LogP contribution in [0, 0.1) is 0 Å². The number of thiocarbonyl (C=S) groups is 1. The lowest BCUT2D eigenvalue weighted by Gasteiger charge is -2.26. The molecule has 5 aromatic rings. The number of esters is 1. The summed E-state index contributed by atoms with van der Waals surface area (Å²) in [6, 6.07) is 32.5. The molecule has 10 heteroatoms. The fourth-order valence-corrected chi connectivity index (χ4v) is 5.42. The quantitative estimate of drug-likeness (QED) is 0.148. The summed E-state index contributed by atoms with van der Waals surface area (Å²) in [6.07, 6.45) is 1.74. The molecule has 0 saturated carbocycles. The molecule has 1 aliphatic heterocycles. The Balaban J connectivity index is 1.26. The Kier molecular flexibility index (Phi) is 8.33. The first-order valence-electron chi connectivity index (χ1n) is 13.9. The lowest BCUT2D eigenvalue weighted by atomic mass is 10.0. The predicted molar refractivity (Wildman–Crippen MR) is 170 cm³/mol. The molecule has 9 nitrogen and oxygen atoms in total. The van der Waals surface area contributed by atoms with Crippen LogP contribution < -0.4 is 20.3 Å². The van der Waals surface area contributed by atoms with Gasteiger partial charge >= 0.3 is 5.97 Å². The van der Waals surface area contributed by atoms with Gasteiger partial charge in [0.15, 0.2) is 11.7 Å². The van der Waals surface area contributed by atoms with Crippen molar-refractivity contribution >= 4 is 40.6 Å². The molecule has 0 spiro atoms. The Bertz CT molecular complexity index is 1780. The Morgan fingerprint density at radius 2 is 1.75 bits per heavy atom. The van der Waals surface area contributed by atoms with Crippen LogP contribution in [0.5, 0.6) is 5.75 Å². The van der Waals surface area contributed by atoms with Crippen LogP contribution in [0.15, 0.2) is 120 Å². The van der Waals surface area contributed by atoms with Crippen LogP contribution >= 0.6 is 12.2 Å². The van der Waals surface area contributed by atoms with E-state index in [-0.39, 0.29) is 24.6 Å². The summed E-state index contributed by atoms with van der Waals surface area (Å²) >= 11 is 5.83. The molecular formula is C34H28N4O5S. The van der Waals surface area contributed by atoms with Gasteiger partial charge in [0.25, 0.3) is 5.91 Å². The van der Waals surface area contributed by atoms with Crippen LogP contribution in [-0.4, -0.2) is 35.7 Å². The molecule has 3 heterocycles. The Morgan fingerprint density at radius 3 is 2.50 bits per heavy atom. The number of hydrogen-bond acceptors (Lipinski definition) is 7. The zero-order chi connectivity index (χ0) is 30.5. The minimum Gasteiger partial charge on any atom is -0.484 e. The number of aromatic nitrogens is 1. The van der Waals surface area contributed by atoms with Crippen LogP contribution in [-0.2, 0) is 9.53 Å². The highest BCUT2D eigenvalue weighted by Crippen LogP contribution is 2.43. The molecule has 0 unspecified atom stereocenters. The third-order valence-corrected chi connectivity index (χ3v) is 7.44. The second kappa shape index (κ2) is 12.8. The van der Waals surface area contributed by atoms with Crippen molar-refractivity contribution in [3.63, 3.8) is 0 Å². The van der Waals surface area contributed by atoms with Gasteiger partial charge in [0.05, 0.1) is 24.4 Å². The van der Waals surface area contributed by atoms with Crippen molar-refractivity contribution in [3.8, 4) is 17.1 Å². The molecule has 6 rings (SSSR count). The zero-order valence-corrected chi connectivity index (χ0v) is 24.5. The summed E-state index contributed by atoms with van der Waals surface area (Å²) in [5.41, 5.74) is 3.39. The molecule has 220 valence electrons. The number of amides is 1. The van der Waals surface area contributed by atoms with Gasteiger partial charge in [-0.2, -0.15) is 0 Å². The van der Waals surface area contributed by atoms with E-state index in [4.69, 9.17) is 26.1 Å². The van der Waals surface area contributed by atoms with Gasteiger partial charge in [-0.15, -0.1) is 0 Å². The average Bonchev–Trinajstić information content (AvgIpc) is 3.69. The monoisotopic (exact) mass is 604 g/mol. The molecule has 1 saturated heterocycles. The Hall–Kier alpha value is -5.48. The number of hydrogen-bond donors (Lipinski definition) is 2. The smallest absolute Gasteiger partial charge is 0.337 e. The molecule has 44 heavy (non-hydrogen) atoms. The molecule has 2 N–H and O–H groups in total. The molecule has 2 atom stereocenters. The van der Waals surface area contributed by atoms with E-state index in [2.05, 4.69) is 15.6 Å². The third kappa shape index (κ3) is 6.16. The average molecular weight is 605 g/mol. The number of furan rings is 1. The minimum absolute atomic E-state index is 0.108. The van der Waals surface area contributed by atoms with Crippen molar-refractivity contribution in [2.75, 3.05) is 23.9 Å². The zero-order valence-electron chi connectivity index (χ0n) is 23.7. The van der Waals surface area contributed by atoms with Crippen LogP contribution in [0.3, 0.4) is 0 Å². The minimum atomic E-state index is -0.422. The Labute approximate surface area is 259 Å². The van der Waals surface area contributed by atoms with Gasteiger partial charge in [0, 0.05) is 23.1 Å². The van der Waals surface area contributed by atoms with E-state index in [9.17, 15) is 9.59 Å². The first kappa shape index (κ1) is 28.6. The van der Waals surface area contributed by atoms with E-state index in [0.717, 1.165) is 16.9 Å². The number of rotatable bonds is 9. The highest BCUT2D eigenvalue weighted by atomic mass is 32.1. The van der Waals surface area contributed by atoms with Gasteiger partial charge in [0.1, 0.15) is 23.3 Å². The van der Waals surface area contributed by atoms with Crippen molar-refractivity contribution in [1.82, 2.24) is 10.3 Å². The Morgan fingerprint density at radius 1 is 0.955 bits per heavy atom. The van der Waals surface area contributed by atoms with Gasteiger partial charge in [-0.3, -0.25) is 9.78 Å². The molecule has 3 aromatic carbocycles. The predicted octanol–water partition coefficient (Wildman–Crippen LogP) is 6.32. The van der Waals surface area contributed by atoms with Gasteiger partial charge in [-0.25, -0.2) is 4.79 Å². The van der Waals surface area contributed by atoms with Crippen LogP contribution in [0.1, 0.15) is 33.9 Å². The van der Waals surface area contributed by atoms with Crippen molar-refractivity contribution < 1.29 is 23.5 Å². The maximum Gasteiger partial charge on any atom is 0.337 e. The fourth-order valence-electron chi connectivity index (χ4n) is 5.07. The number of nitrogens with zero attached hydrogens (tertiary/aromatic N) is 2. The van der Waals surface area contributed by atoms with E-state index in [1.54, 1.807) is 36.5 Å². The van der Waals surface area contributed by atoms with E-state index >= 15 is 0 Å². The normalized spacial score (nSPS) is 15.8. The van der Waals surface area contributed by atoms with Crippen molar-refractivity contribution in [2.45, 2.75) is 12.1 Å². The summed E-state index contributed by atoms with van der Waals surface area (Å²) < 4.78 is 16.8. The molecule has 2 aromatic heterocycles. The number of methoxy groups -OCH3 is 1. The van der Waals surface area contributed by atoms with Gasteiger partial charge in [0.2, 0.25) is 0 Å². The molecule has 0 bridgehead atoms. The summed E-state index contributed by atoms with van der Waals surface area (Å²) in [5.74, 6) is 1.18. The number of pyridine rings is 1. The van der Waals surface area contributed by atoms with Gasteiger partial charge in [-0.1, -0.05) is 36.4 Å². The van der Waals surface area contributed by atoms with Gasteiger partial charge < -0.3 is 29.4 Å². The highest BCUT2D eigenvalue weighted by molar-refractivity contribution is 7.80. The number of nitrogens with one attached hydrogen (secondary N) is 2. The van der Waals surface area contributed by atoms with Gasteiger partial charge in [-0.05, 0) is 85.0 Å². The third-order valence-electron chi connectivity index (χ3n) is 7.13. The summed E-state index contributed by atoms with van der Waals surface area (Å²) in [6.45, 7) is -0.108. The van der Waals surface area contributed by atoms with E-state index in [0.29, 0.717) is 33.6 Å². The number of carbonyl (C=O) groups is 2. The maximum atomic E-state index is 12.5. The first-order chi connectivity index (χ1) is 21.5. The number of para-hydroxylation sites is 1.